The highest BCUT2D eigenvalue weighted by atomic mass is 35.5. The van der Waals surface area contributed by atoms with E-state index in [1.54, 1.807) is 7.05 Å². The minimum absolute atomic E-state index is 0.0175. The van der Waals surface area contributed by atoms with E-state index in [0.717, 1.165) is 0 Å². The van der Waals surface area contributed by atoms with Gasteiger partial charge in [-0.1, -0.05) is 32.4 Å². The van der Waals surface area contributed by atoms with Crippen LogP contribution < -0.4 is 16.0 Å². The molecule has 19 heavy (non-hydrogen) atoms. The Morgan fingerprint density at radius 1 is 1.32 bits per heavy atom. The Morgan fingerprint density at radius 2 is 2.00 bits per heavy atom. The van der Waals surface area contributed by atoms with Crippen molar-refractivity contribution in [3.8, 4) is 0 Å². The summed E-state index contributed by atoms with van der Waals surface area (Å²) in [7, 11) is 1.75. The van der Waals surface area contributed by atoms with Crippen LogP contribution in [0.4, 0.5) is 11.5 Å². The number of carbonyl (C=O) groups is 1. The van der Waals surface area contributed by atoms with Crippen LogP contribution in [0.3, 0.4) is 0 Å². The third-order valence-electron chi connectivity index (χ3n) is 2.44. The van der Waals surface area contributed by atoms with Crippen LogP contribution in [0.15, 0.2) is 6.33 Å². The predicted molar refractivity (Wildman–Crippen MR) is 77.5 cm³/mol. The van der Waals surface area contributed by atoms with Gasteiger partial charge in [-0.05, 0) is 0 Å². The van der Waals surface area contributed by atoms with Gasteiger partial charge in [-0.2, -0.15) is 0 Å². The summed E-state index contributed by atoms with van der Waals surface area (Å²) in [6.45, 7) is 6.70. The zero-order valence-corrected chi connectivity index (χ0v) is 12.4. The van der Waals surface area contributed by atoms with E-state index >= 15 is 0 Å². The monoisotopic (exact) mass is 285 g/mol. The maximum absolute atomic E-state index is 11.7. The quantitative estimate of drug-likeness (QED) is 0.567. The molecule has 1 heterocycles. The molecule has 0 aliphatic carbocycles. The Morgan fingerprint density at radius 3 is 2.58 bits per heavy atom. The molecule has 0 unspecified atom stereocenters. The molecular weight excluding hydrogens is 266 g/mol. The van der Waals surface area contributed by atoms with Crippen LogP contribution in [0.25, 0.3) is 0 Å². The molecule has 0 aromatic carbocycles. The summed E-state index contributed by atoms with van der Waals surface area (Å²) < 4.78 is 0. The summed E-state index contributed by atoms with van der Waals surface area (Å²) >= 11 is 5.93. The number of nitrogens with one attached hydrogen (secondary N) is 3. The highest BCUT2D eigenvalue weighted by molar-refractivity contribution is 6.32. The fourth-order valence-electron chi connectivity index (χ4n) is 1.34. The first-order chi connectivity index (χ1) is 8.86. The Hall–Kier alpha value is -1.56. The molecule has 0 spiro atoms. The fraction of sp³-hybridized carbons (Fsp3) is 0.583. The molecule has 0 saturated carbocycles. The molecule has 1 rings (SSSR count). The van der Waals surface area contributed by atoms with Gasteiger partial charge in [-0.3, -0.25) is 4.79 Å². The number of rotatable bonds is 5. The first-order valence-corrected chi connectivity index (χ1v) is 6.44. The van der Waals surface area contributed by atoms with Crippen molar-refractivity contribution in [2.75, 3.05) is 30.8 Å². The summed E-state index contributed by atoms with van der Waals surface area (Å²) in [6, 6.07) is 0. The molecule has 0 aliphatic heterocycles. The molecule has 6 nitrogen and oxygen atoms in total. The van der Waals surface area contributed by atoms with Gasteiger partial charge in [0.2, 0.25) is 5.91 Å². The Labute approximate surface area is 118 Å². The van der Waals surface area contributed by atoms with Crippen LogP contribution in [0, 0.1) is 5.41 Å². The van der Waals surface area contributed by atoms with Gasteiger partial charge in [0.15, 0.2) is 11.0 Å². The minimum atomic E-state index is -0.381. The van der Waals surface area contributed by atoms with Crippen molar-refractivity contribution in [2.24, 2.45) is 5.41 Å². The predicted octanol–water partition coefficient (Wildman–Crippen LogP) is 1.75. The number of hydrogen-bond donors (Lipinski definition) is 3. The average Bonchev–Trinajstić information content (AvgIpc) is 2.33. The van der Waals surface area contributed by atoms with Crippen molar-refractivity contribution in [3.63, 3.8) is 0 Å². The average molecular weight is 286 g/mol. The van der Waals surface area contributed by atoms with E-state index < -0.39 is 0 Å². The molecule has 106 valence electrons. The van der Waals surface area contributed by atoms with E-state index in [1.165, 1.54) is 6.33 Å². The summed E-state index contributed by atoms with van der Waals surface area (Å²) in [4.78, 5) is 19.6. The lowest BCUT2D eigenvalue weighted by Gasteiger charge is -2.18. The first-order valence-electron chi connectivity index (χ1n) is 6.06. The number of anilines is 2. The molecule has 0 fully saturated rings. The highest BCUT2D eigenvalue weighted by Crippen LogP contribution is 2.24. The lowest BCUT2D eigenvalue weighted by atomic mass is 9.96. The van der Waals surface area contributed by atoms with Gasteiger partial charge in [-0.15, -0.1) is 0 Å². The van der Waals surface area contributed by atoms with Gasteiger partial charge in [0.25, 0.3) is 0 Å². The number of aromatic nitrogens is 2. The smallest absolute Gasteiger partial charge is 0.225 e. The van der Waals surface area contributed by atoms with Crippen LogP contribution >= 0.6 is 11.6 Å². The fourth-order valence-corrected chi connectivity index (χ4v) is 1.57. The third-order valence-corrected chi connectivity index (χ3v) is 2.72. The number of hydrogen-bond acceptors (Lipinski definition) is 5. The molecule has 0 radical (unpaired) electrons. The second-order valence-corrected chi connectivity index (χ2v) is 5.43. The number of amides is 1. The van der Waals surface area contributed by atoms with Crippen molar-refractivity contribution in [2.45, 2.75) is 20.8 Å². The Kier molecular flexibility index (Phi) is 5.35. The van der Waals surface area contributed by atoms with E-state index in [0.29, 0.717) is 29.7 Å². The normalized spacial score (nSPS) is 11.0. The zero-order chi connectivity index (χ0) is 14.5. The summed E-state index contributed by atoms with van der Waals surface area (Å²) in [5.74, 6) is 0.636. The topological polar surface area (TPSA) is 78.9 Å². The van der Waals surface area contributed by atoms with Crippen molar-refractivity contribution >= 4 is 29.0 Å². The van der Waals surface area contributed by atoms with Crippen LogP contribution in [-0.2, 0) is 4.79 Å². The van der Waals surface area contributed by atoms with Crippen LogP contribution in [-0.4, -0.2) is 36.0 Å². The van der Waals surface area contributed by atoms with Crippen molar-refractivity contribution in [1.29, 1.82) is 0 Å². The number of carbonyl (C=O) groups excluding carboxylic acids is 1. The molecule has 0 saturated heterocycles. The van der Waals surface area contributed by atoms with Crippen LogP contribution in [0.1, 0.15) is 20.8 Å². The molecule has 0 bridgehead atoms. The van der Waals surface area contributed by atoms with Gasteiger partial charge >= 0.3 is 0 Å². The molecule has 3 N–H and O–H groups in total. The highest BCUT2D eigenvalue weighted by Gasteiger charge is 2.20. The van der Waals surface area contributed by atoms with E-state index in [-0.39, 0.29) is 11.3 Å². The largest absolute Gasteiger partial charge is 0.383 e. The summed E-state index contributed by atoms with van der Waals surface area (Å²) in [5, 5.41) is 9.24. The maximum atomic E-state index is 11.7. The van der Waals surface area contributed by atoms with Gasteiger partial charge < -0.3 is 16.0 Å². The van der Waals surface area contributed by atoms with E-state index in [2.05, 4.69) is 25.9 Å². The molecule has 0 atom stereocenters. The van der Waals surface area contributed by atoms with Gasteiger partial charge in [0.1, 0.15) is 12.0 Å². The Balaban J connectivity index is 2.46. The lowest BCUT2D eigenvalue weighted by Crippen LogP contribution is -2.37. The SMILES string of the molecule is CNc1c(Cl)ncnc1NCCNC(=O)C(C)(C)C. The van der Waals surface area contributed by atoms with Gasteiger partial charge in [0.05, 0.1) is 0 Å². The minimum Gasteiger partial charge on any atom is -0.383 e. The molecule has 1 aromatic rings. The molecule has 0 aliphatic rings. The van der Waals surface area contributed by atoms with E-state index in [1.807, 2.05) is 20.8 Å². The van der Waals surface area contributed by atoms with Crippen molar-refractivity contribution in [3.05, 3.63) is 11.5 Å². The van der Waals surface area contributed by atoms with Crippen molar-refractivity contribution < 1.29 is 4.79 Å². The number of halogens is 1. The molecule has 7 heteroatoms. The van der Waals surface area contributed by atoms with Crippen molar-refractivity contribution in [1.82, 2.24) is 15.3 Å². The standard InChI is InChI=1S/C12H20ClN5O/c1-12(2,3)11(19)16-6-5-15-10-8(14-4)9(13)17-7-18-10/h7,14H,5-6H2,1-4H3,(H,16,19)(H,15,17,18). The summed E-state index contributed by atoms with van der Waals surface area (Å²) in [5.41, 5.74) is 0.264. The van der Waals surface area contributed by atoms with E-state index in [9.17, 15) is 4.79 Å². The van der Waals surface area contributed by atoms with Crippen LogP contribution in [0.2, 0.25) is 5.15 Å². The third kappa shape index (κ3) is 4.55. The van der Waals surface area contributed by atoms with Crippen LogP contribution in [0.5, 0.6) is 0 Å². The second-order valence-electron chi connectivity index (χ2n) is 5.07. The molecule has 1 amide bonds. The Bertz CT molecular complexity index is 444. The lowest BCUT2D eigenvalue weighted by molar-refractivity contribution is -0.128. The number of nitrogens with zero attached hydrogens (tertiary/aromatic N) is 2. The van der Waals surface area contributed by atoms with E-state index in [4.69, 9.17) is 11.6 Å². The molecule has 1 aromatic heterocycles. The molecular formula is C12H20ClN5O. The van der Waals surface area contributed by atoms with Gasteiger partial charge in [-0.25, -0.2) is 9.97 Å². The zero-order valence-electron chi connectivity index (χ0n) is 11.7. The maximum Gasteiger partial charge on any atom is 0.225 e. The second kappa shape index (κ2) is 6.56. The van der Waals surface area contributed by atoms with Gasteiger partial charge in [0, 0.05) is 25.6 Å². The summed E-state index contributed by atoms with van der Waals surface area (Å²) in [6.07, 6.45) is 1.39. The first kappa shape index (κ1) is 15.5.